The van der Waals surface area contributed by atoms with Gasteiger partial charge in [0.25, 0.3) is 0 Å². The minimum absolute atomic E-state index is 0.706. The Bertz CT molecular complexity index is 1250. The number of para-hydroxylation sites is 1. The highest BCUT2D eigenvalue weighted by molar-refractivity contribution is 7.14. The second-order valence-electron chi connectivity index (χ2n) is 6.68. The van der Waals surface area contributed by atoms with Crippen LogP contribution in [0.5, 0.6) is 0 Å². The first-order chi connectivity index (χ1) is 14.8. The highest BCUT2D eigenvalue weighted by atomic mass is 32.1. The zero-order chi connectivity index (χ0) is 20.3. The molecule has 5 aromatic rings. The lowest BCUT2D eigenvalue weighted by Crippen LogP contribution is -2.12. The Morgan fingerprint density at radius 1 is 0.833 bits per heavy atom. The lowest BCUT2D eigenvalue weighted by molar-refractivity contribution is 1.23. The fraction of sp³-hybridized carbons (Fsp3) is 0. The molecular weight excluding hydrogens is 408 g/mol. The molecule has 2 aromatic carbocycles. The molecule has 0 bridgehead atoms. The minimum Gasteiger partial charge on any atom is -0.397 e. The van der Waals surface area contributed by atoms with Crippen LogP contribution in [0.2, 0.25) is 0 Å². The second kappa shape index (κ2) is 8.10. The van der Waals surface area contributed by atoms with E-state index in [1.807, 2.05) is 42.6 Å². The third-order valence-electron chi connectivity index (χ3n) is 4.73. The lowest BCUT2D eigenvalue weighted by atomic mass is 10.1. The Balaban J connectivity index is 1.65. The van der Waals surface area contributed by atoms with Gasteiger partial charge in [-0.05, 0) is 53.4 Å². The minimum atomic E-state index is 0.706. The van der Waals surface area contributed by atoms with Crippen molar-refractivity contribution in [2.24, 2.45) is 0 Å². The molecule has 2 N–H and O–H groups in total. The van der Waals surface area contributed by atoms with E-state index in [0.29, 0.717) is 5.69 Å². The molecule has 3 aromatic heterocycles. The van der Waals surface area contributed by atoms with Crippen LogP contribution in [-0.2, 0) is 0 Å². The van der Waals surface area contributed by atoms with Crippen LogP contribution in [0.3, 0.4) is 0 Å². The summed E-state index contributed by atoms with van der Waals surface area (Å²) in [7, 11) is 0. The SMILES string of the molecule is Nc1ccc(-c2cccs2)cc1N(c1ccccc1)c1nc(-c2cccnc2)cs1. The van der Waals surface area contributed by atoms with Crippen LogP contribution in [0.4, 0.5) is 22.2 Å². The number of aromatic nitrogens is 2. The molecule has 0 radical (unpaired) electrons. The summed E-state index contributed by atoms with van der Waals surface area (Å²) in [4.78, 5) is 12.5. The van der Waals surface area contributed by atoms with Gasteiger partial charge in [-0.3, -0.25) is 9.88 Å². The van der Waals surface area contributed by atoms with Gasteiger partial charge in [0.15, 0.2) is 5.13 Å². The summed E-state index contributed by atoms with van der Waals surface area (Å²) in [6.07, 6.45) is 3.60. The van der Waals surface area contributed by atoms with Crippen molar-refractivity contribution in [2.75, 3.05) is 10.6 Å². The standard InChI is InChI=1S/C24H18N4S2/c25-20-11-10-17(23-9-5-13-29-23)14-22(20)28(19-7-2-1-3-8-19)24-27-21(16-30-24)18-6-4-12-26-15-18/h1-16H,25H2. The molecule has 0 aliphatic heterocycles. The zero-order valence-electron chi connectivity index (χ0n) is 16.0. The first-order valence-electron chi connectivity index (χ1n) is 9.44. The van der Waals surface area contributed by atoms with Gasteiger partial charge >= 0.3 is 0 Å². The van der Waals surface area contributed by atoms with E-state index in [-0.39, 0.29) is 0 Å². The number of anilines is 4. The normalized spacial score (nSPS) is 10.8. The lowest BCUT2D eigenvalue weighted by Gasteiger charge is -2.24. The van der Waals surface area contributed by atoms with Gasteiger partial charge in [-0.1, -0.05) is 30.3 Å². The maximum Gasteiger partial charge on any atom is 0.195 e. The van der Waals surface area contributed by atoms with Gasteiger partial charge < -0.3 is 5.73 Å². The molecule has 0 atom stereocenters. The smallest absolute Gasteiger partial charge is 0.195 e. The molecule has 0 aliphatic rings. The summed E-state index contributed by atoms with van der Waals surface area (Å²) in [5.41, 5.74) is 12.1. The summed E-state index contributed by atoms with van der Waals surface area (Å²) in [5, 5.41) is 5.00. The molecule has 30 heavy (non-hydrogen) atoms. The maximum absolute atomic E-state index is 6.46. The van der Waals surface area contributed by atoms with Crippen molar-refractivity contribution in [2.45, 2.75) is 0 Å². The van der Waals surface area contributed by atoms with Gasteiger partial charge in [0.1, 0.15) is 0 Å². The third-order valence-corrected chi connectivity index (χ3v) is 6.48. The summed E-state index contributed by atoms with van der Waals surface area (Å²) in [5.74, 6) is 0. The van der Waals surface area contributed by atoms with Crippen molar-refractivity contribution in [3.63, 3.8) is 0 Å². The number of thiazole rings is 1. The van der Waals surface area contributed by atoms with Crippen LogP contribution in [0.1, 0.15) is 0 Å². The first-order valence-corrected chi connectivity index (χ1v) is 11.2. The summed E-state index contributed by atoms with van der Waals surface area (Å²) < 4.78 is 0. The molecule has 0 unspecified atom stereocenters. The van der Waals surface area contributed by atoms with Crippen molar-refractivity contribution in [3.05, 3.63) is 96.0 Å². The molecule has 5 rings (SSSR count). The van der Waals surface area contributed by atoms with E-state index in [0.717, 1.165) is 33.3 Å². The highest BCUT2D eigenvalue weighted by Crippen LogP contribution is 2.42. The fourth-order valence-electron chi connectivity index (χ4n) is 3.28. The van der Waals surface area contributed by atoms with Crippen LogP contribution in [0, 0.1) is 0 Å². The molecule has 146 valence electrons. The Morgan fingerprint density at radius 2 is 1.73 bits per heavy atom. The number of hydrogen-bond acceptors (Lipinski definition) is 6. The van der Waals surface area contributed by atoms with Crippen LogP contribution < -0.4 is 10.6 Å². The Labute approximate surface area is 182 Å². The molecule has 6 heteroatoms. The van der Waals surface area contributed by atoms with E-state index in [1.54, 1.807) is 28.9 Å². The molecule has 4 nitrogen and oxygen atoms in total. The molecule has 0 saturated heterocycles. The van der Waals surface area contributed by atoms with E-state index in [1.165, 1.54) is 4.88 Å². The van der Waals surface area contributed by atoms with Crippen molar-refractivity contribution in [1.29, 1.82) is 0 Å². The van der Waals surface area contributed by atoms with Gasteiger partial charge in [-0.2, -0.15) is 0 Å². The van der Waals surface area contributed by atoms with Gasteiger partial charge in [0, 0.05) is 33.9 Å². The maximum atomic E-state index is 6.46. The third kappa shape index (κ3) is 3.58. The zero-order valence-corrected chi connectivity index (χ0v) is 17.6. The first kappa shape index (κ1) is 18.5. The largest absolute Gasteiger partial charge is 0.397 e. The predicted octanol–water partition coefficient (Wildman–Crippen LogP) is 6.99. The summed E-state index contributed by atoms with van der Waals surface area (Å²) in [6.45, 7) is 0. The van der Waals surface area contributed by atoms with Crippen LogP contribution in [0.25, 0.3) is 21.7 Å². The molecule has 0 amide bonds. The number of nitrogens with two attached hydrogens (primary N) is 1. The van der Waals surface area contributed by atoms with Gasteiger partial charge in [0.05, 0.1) is 17.1 Å². The summed E-state index contributed by atoms with van der Waals surface area (Å²) in [6, 6.07) is 24.5. The Hall–Kier alpha value is -3.48. The highest BCUT2D eigenvalue weighted by Gasteiger charge is 2.19. The van der Waals surface area contributed by atoms with Crippen molar-refractivity contribution >= 4 is 44.9 Å². The Morgan fingerprint density at radius 3 is 2.50 bits per heavy atom. The molecular formula is C24H18N4S2. The van der Waals surface area contributed by atoms with Gasteiger partial charge in [-0.15, -0.1) is 22.7 Å². The van der Waals surface area contributed by atoms with Crippen LogP contribution >= 0.6 is 22.7 Å². The topological polar surface area (TPSA) is 55.0 Å². The number of nitrogen functional groups attached to an aromatic ring is 1. The van der Waals surface area contributed by atoms with E-state index in [2.05, 4.69) is 57.0 Å². The average Bonchev–Trinajstić information content (AvgIpc) is 3.50. The van der Waals surface area contributed by atoms with Gasteiger partial charge in [-0.25, -0.2) is 4.98 Å². The van der Waals surface area contributed by atoms with Crippen LogP contribution in [-0.4, -0.2) is 9.97 Å². The number of nitrogens with zero attached hydrogens (tertiary/aromatic N) is 3. The van der Waals surface area contributed by atoms with Crippen molar-refractivity contribution in [1.82, 2.24) is 9.97 Å². The van der Waals surface area contributed by atoms with Crippen LogP contribution in [0.15, 0.2) is 96.0 Å². The van der Waals surface area contributed by atoms with Crippen molar-refractivity contribution in [3.8, 4) is 21.7 Å². The van der Waals surface area contributed by atoms with E-state index in [9.17, 15) is 0 Å². The Kier molecular flexibility index (Phi) is 5.01. The van der Waals surface area contributed by atoms with Crippen molar-refractivity contribution < 1.29 is 0 Å². The molecule has 0 aliphatic carbocycles. The van der Waals surface area contributed by atoms with E-state index in [4.69, 9.17) is 10.7 Å². The number of benzene rings is 2. The monoisotopic (exact) mass is 426 g/mol. The average molecular weight is 427 g/mol. The molecule has 3 heterocycles. The quantitative estimate of drug-likeness (QED) is 0.308. The molecule has 0 saturated carbocycles. The van der Waals surface area contributed by atoms with Gasteiger partial charge in [0.2, 0.25) is 0 Å². The van der Waals surface area contributed by atoms with E-state index < -0.39 is 0 Å². The predicted molar refractivity (Wildman–Crippen MR) is 128 cm³/mol. The number of pyridine rings is 1. The molecule has 0 fully saturated rings. The fourth-order valence-corrected chi connectivity index (χ4v) is 4.87. The number of thiophene rings is 1. The number of hydrogen-bond donors (Lipinski definition) is 1. The number of rotatable bonds is 5. The van der Waals surface area contributed by atoms with E-state index >= 15 is 0 Å². The summed E-state index contributed by atoms with van der Waals surface area (Å²) >= 11 is 3.30. The molecule has 0 spiro atoms. The second-order valence-corrected chi connectivity index (χ2v) is 8.46.